The van der Waals surface area contributed by atoms with Crippen LogP contribution in [-0.2, 0) is 31.1 Å². The summed E-state index contributed by atoms with van der Waals surface area (Å²) >= 11 is 0. The molecule has 0 saturated carbocycles. The molecule has 0 atom stereocenters. The monoisotopic (exact) mass is 547 g/mol. The van der Waals surface area contributed by atoms with E-state index in [4.69, 9.17) is 0 Å². The highest BCUT2D eigenvalue weighted by molar-refractivity contribution is 5.87. The highest BCUT2D eigenvalue weighted by Gasteiger charge is 2.31. The Morgan fingerprint density at radius 2 is 1.85 bits per heavy atom. The summed E-state index contributed by atoms with van der Waals surface area (Å²) in [6, 6.07) is 6.55. The number of alkyl halides is 5. The molecular formula is C26H26F5N7O. The second kappa shape index (κ2) is 10.4. The summed E-state index contributed by atoms with van der Waals surface area (Å²) in [5.74, 6) is -0.245. The summed E-state index contributed by atoms with van der Waals surface area (Å²) in [5, 5.41) is 8.66. The van der Waals surface area contributed by atoms with E-state index in [9.17, 15) is 26.7 Å². The van der Waals surface area contributed by atoms with Crippen molar-refractivity contribution in [2.24, 2.45) is 7.05 Å². The van der Waals surface area contributed by atoms with Gasteiger partial charge < -0.3 is 4.90 Å². The van der Waals surface area contributed by atoms with E-state index in [0.29, 0.717) is 55.2 Å². The standard InChI is InChI=1S/C26H26F5N7O/c1-16-23-20(24(27)28)11-21(18-12-32-35(2)14-18)33-25(23)38(34-16)15-22(39)37-8-6-36(7-9-37)13-17-4-3-5-19(10-17)26(29,30)31/h3-5,10-12,14,24H,6-9,13,15H2,1-2H3. The van der Waals surface area contributed by atoms with Crippen LogP contribution in [0.4, 0.5) is 22.0 Å². The summed E-state index contributed by atoms with van der Waals surface area (Å²) in [7, 11) is 1.71. The molecule has 1 saturated heterocycles. The Labute approximate surface area is 220 Å². The molecule has 1 aliphatic heterocycles. The predicted molar refractivity (Wildman–Crippen MR) is 133 cm³/mol. The number of carbonyl (C=O) groups excluding carboxylic acids is 1. The Hall–Kier alpha value is -3.87. The van der Waals surface area contributed by atoms with E-state index in [-0.39, 0.29) is 29.0 Å². The number of amides is 1. The summed E-state index contributed by atoms with van der Waals surface area (Å²) in [5.41, 5.74) is 1.07. The zero-order chi connectivity index (χ0) is 27.9. The number of hydrogen-bond acceptors (Lipinski definition) is 5. The Bertz CT molecular complexity index is 1500. The van der Waals surface area contributed by atoms with Crippen LogP contribution < -0.4 is 0 Å². The maximum atomic E-state index is 14.0. The van der Waals surface area contributed by atoms with Crippen molar-refractivity contribution in [2.45, 2.75) is 32.6 Å². The van der Waals surface area contributed by atoms with Crippen LogP contribution in [0.5, 0.6) is 0 Å². The lowest BCUT2D eigenvalue weighted by atomic mass is 10.1. The molecule has 39 heavy (non-hydrogen) atoms. The molecule has 0 aliphatic carbocycles. The molecule has 0 unspecified atom stereocenters. The van der Waals surface area contributed by atoms with E-state index in [0.717, 1.165) is 12.1 Å². The third kappa shape index (κ3) is 5.63. The van der Waals surface area contributed by atoms with Gasteiger partial charge in [0.15, 0.2) is 5.65 Å². The van der Waals surface area contributed by atoms with Crippen LogP contribution in [0.3, 0.4) is 0 Å². The van der Waals surface area contributed by atoms with Gasteiger partial charge in [-0.25, -0.2) is 18.4 Å². The number of hydrogen-bond donors (Lipinski definition) is 0. The zero-order valence-corrected chi connectivity index (χ0v) is 21.3. The van der Waals surface area contributed by atoms with Gasteiger partial charge in [0, 0.05) is 57.1 Å². The van der Waals surface area contributed by atoms with E-state index in [1.165, 1.54) is 23.0 Å². The van der Waals surface area contributed by atoms with Gasteiger partial charge in [0.25, 0.3) is 6.43 Å². The molecule has 0 N–H and O–H groups in total. The number of benzene rings is 1. The van der Waals surface area contributed by atoms with E-state index in [2.05, 4.69) is 15.2 Å². The molecule has 1 aliphatic rings. The Balaban J connectivity index is 1.30. The van der Waals surface area contributed by atoms with Crippen molar-refractivity contribution in [2.75, 3.05) is 26.2 Å². The number of aryl methyl sites for hydroxylation is 2. The van der Waals surface area contributed by atoms with Gasteiger partial charge in [-0.05, 0) is 24.6 Å². The highest BCUT2D eigenvalue weighted by atomic mass is 19.4. The summed E-state index contributed by atoms with van der Waals surface area (Å²) in [4.78, 5) is 21.3. The lowest BCUT2D eigenvalue weighted by molar-refractivity contribution is -0.137. The van der Waals surface area contributed by atoms with E-state index in [1.54, 1.807) is 35.8 Å². The maximum Gasteiger partial charge on any atom is 0.416 e. The third-order valence-electron chi connectivity index (χ3n) is 6.81. The molecular weight excluding hydrogens is 521 g/mol. The first kappa shape index (κ1) is 26.7. The molecule has 0 spiro atoms. The fourth-order valence-electron chi connectivity index (χ4n) is 4.86. The van der Waals surface area contributed by atoms with E-state index in [1.807, 2.05) is 4.90 Å². The Morgan fingerprint density at radius 3 is 2.49 bits per heavy atom. The average molecular weight is 548 g/mol. The number of aromatic nitrogens is 5. The van der Waals surface area contributed by atoms with Gasteiger partial charge in [-0.2, -0.15) is 23.4 Å². The second-order valence-electron chi connectivity index (χ2n) is 9.60. The van der Waals surface area contributed by atoms with Crippen molar-refractivity contribution in [3.05, 3.63) is 65.1 Å². The number of piperazine rings is 1. The van der Waals surface area contributed by atoms with Crippen LogP contribution in [0.15, 0.2) is 42.7 Å². The van der Waals surface area contributed by atoms with E-state index >= 15 is 0 Å². The Morgan fingerprint density at radius 1 is 1.10 bits per heavy atom. The SMILES string of the molecule is Cc1nn(CC(=O)N2CCN(Cc3cccc(C(F)(F)F)c3)CC2)c2nc(-c3cnn(C)c3)cc(C(F)F)c12. The van der Waals surface area contributed by atoms with Crippen molar-refractivity contribution < 1.29 is 26.7 Å². The van der Waals surface area contributed by atoms with Crippen LogP contribution in [0.2, 0.25) is 0 Å². The van der Waals surface area contributed by atoms with Gasteiger partial charge in [-0.15, -0.1) is 0 Å². The maximum absolute atomic E-state index is 14.0. The van der Waals surface area contributed by atoms with Gasteiger partial charge in [-0.1, -0.05) is 18.2 Å². The minimum Gasteiger partial charge on any atom is -0.339 e. The second-order valence-corrected chi connectivity index (χ2v) is 9.60. The van der Waals surface area contributed by atoms with Crippen molar-refractivity contribution in [1.29, 1.82) is 0 Å². The third-order valence-corrected chi connectivity index (χ3v) is 6.81. The van der Waals surface area contributed by atoms with Gasteiger partial charge in [-0.3, -0.25) is 14.4 Å². The number of halogens is 5. The molecule has 206 valence electrons. The molecule has 1 aromatic carbocycles. The first-order chi connectivity index (χ1) is 18.5. The number of nitrogens with zero attached hydrogens (tertiary/aromatic N) is 7. The zero-order valence-electron chi connectivity index (χ0n) is 21.3. The molecule has 0 bridgehead atoms. The fourth-order valence-corrected chi connectivity index (χ4v) is 4.86. The first-order valence-electron chi connectivity index (χ1n) is 12.3. The lowest BCUT2D eigenvalue weighted by Gasteiger charge is -2.34. The molecule has 3 aromatic heterocycles. The summed E-state index contributed by atoms with van der Waals surface area (Å²) in [6.07, 6.45) is -3.97. The predicted octanol–water partition coefficient (Wildman–Crippen LogP) is 4.44. The molecule has 4 aromatic rings. The van der Waals surface area contributed by atoms with Gasteiger partial charge in [0.2, 0.25) is 5.91 Å². The van der Waals surface area contributed by atoms with E-state index < -0.39 is 18.2 Å². The minimum atomic E-state index is -4.40. The normalized spacial score (nSPS) is 15.0. The van der Waals surface area contributed by atoms with Gasteiger partial charge in [0.1, 0.15) is 6.54 Å². The minimum absolute atomic E-state index is 0.176. The molecule has 4 heterocycles. The smallest absolute Gasteiger partial charge is 0.339 e. The van der Waals surface area contributed by atoms with Gasteiger partial charge >= 0.3 is 6.18 Å². The quantitative estimate of drug-likeness (QED) is 0.334. The van der Waals surface area contributed by atoms with Crippen molar-refractivity contribution in [3.63, 3.8) is 0 Å². The van der Waals surface area contributed by atoms with Crippen LogP contribution in [-0.4, -0.2) is 66.4 Å². The van der Waals surface area contributed by atoms with Crippen molar-refractivity contribution in [3.8, 4) is 11.3 Å². The molecule has 1 amide bonds. The molecule has 1 fully saturated rings. The van der Waals surface area contributed by atoms with Gasteiger partial charge in [0.05, 0.1) is 28.5 Å². The fraction of sp³-hybridized carbons (Fsp3) is 0.385. The lowest BCUT2D eigenvalue weighted by Crippen LogP contribution is -2.49. The van der Waals surface area contributed by atoms with Crippen LogP contribution >= 0.6 is 0 Å². The van der Waals surface area contributed by atoms with Crippen LogP contribution in [0, 0.1) is 6.92 Å². The topological polar surface area (TPSA) is 72.1 Å². The highest BCUT2D eigenvalue weighted by Crippen LogP contribution is 2.33. The average Bonchev–Trinajstić information content (AvgIpc) is 3.46. The number of rotatable bonds is 6. The summed E-state index contributed by atoms with van der Waals surface area (Å²) < 4.78 is 70.0. The van der Waals surface area contributed by atoms with Crippen LogP contribution in [0.1, 0.15) is 28.8 Å². The van der Waals surface area contributed by atoms with Crippen LogP contribution in [0.25, 0.3) is 22.3 Å². The largest absolute Gasteiger partial charge is 0.416 e. The Kier molecular flexibility index (Phi) is 7.10. The molecule has 8 nitrogen and oxygen atoms in total. The molecule has 0 radical (unpaired) electrons. The van der Waals surface area contributed by atoms with Crippen molar-refractivity contribution in [1.82, 2.24) is 34.3 Å². The number of carbonyl (C=O) groups is 1. The summed E-state index contributed by atoms with van der Waals surface area (Å²) in [6.45, 7) is 3.50. The number of pyridine rings is 1. The first-order valence-corrected chi connectivity index (χ1v) is 12.3. The molecule has 13 heteroatoms. The van der Waals surface area contributed by atoms with Crippen molar-refractivity contribution >= 4 is 16.9 Å². The number of fused-ring (bicyclic) bond motifs is 1. The molecule has 5 rings (SSSR count).